The molecule has 1 saturated carbocycles. The lowest BCUT2D eigenvalue weighted by Crippen LogP contribution is -2.36. The van der Waals surface area contributed by atoms with Gasteiger partial charge in [-0.15, -0.1) is 11.3 Å². The second-order valence-corrected chi connectivity index (χ2v) is 10.3. The van der Waals surface area contributed by atoms with Crippen LogP contribution in [0.15, 0.2) is 33.4 Å². The fourth-order valence-corrected chi connectivity index (χ4v) is 5.07. The first-order valence-corrected chi connectivity index (χ1v) is 12.2. The smallest absolute Gasteiger partial charge is 0.252 e. The summed E-state index contributed by atoms with van der Waals surface area (Å²) < 4.78 is 25.1. The molecule has 3 rings (SSSR count). The standard InChI is InChI=1S/C19H25N3O4S2/c1-13-10-15(28(2,25)26)12-17(23)22(13)16(11-14-6-4-3-5-7-14)18(24)21-19-20-8-9-27-19/h8-10,12,14,16H,3-7,11H2,1-2H3,(H,20,21,24). The maximum absolute atomic E-state index is 13.0. The minimum Gasteiger partial charge on any atom is -0.300 e. The van der Waals surface area contributed by atoms with Crippen LogP contribution in [0.3, 0.4) is 0 Å². The summed E-state index contributed by atoms with van der Waals surface area (Å²) in [4.78, 5) is 29.9. The summed E-state index contributed by atoms with van der Waals surface area (Å²) in [5, 5.41) is 5.05. The number of nitrogens with zero attached hydrogens (tertiary/aromatic N) is 2. The highest BCUT2D eigenvalue weighted by molar-refractivity contribution is 7.90. The fourth-order valence-electron chi connectivity index (χ4n) is 3.84. The number of hydrogen-bond donors (Lipinski definition) is 1. The van der Waals surface area contributed by atoms with E-state index in [-0.39, 0.29) is 10.8 Å². The number of amides is 1. The number of anilines is 1. The number of aryl methyl sites for hydroxylation is 1. The van der Waals surface area contributed by atoms with Gasteiger partial charge in [0.2, 0.25) is 5.91 Å². The molecule has 1 aliphatic rings. The van der Waals surface area contributed by atoms with Crippen molar-refractivity contribution < 1.29 is 13.2 Å². The molecular weight excluding hydrogens is 398 g/mol. The third kappa shape index (κ3) is 4.88. The van der Waals surface area contributed by atoms with E-state index in [4.69, 9.17) is 0 Å². The van der Waals surface area contributed by atoms with Crippen molar-refractivity contribution in [3.05, 3.63) is 39.8 Å². The summed E-state index contributed by atoms with van der Waals surface area (Å²) in [6.45, 7) is 1.67. The highest BCUT2D eigenvalue weighted by Gasteiger charge is 2.28. The number of thiazole rings is 1. The van der Waals surface area contributed by atoms with E-state index in [1.807, 2.05) is 0 Å². The van der Waals surface area contributed by atoms with Gasteiger partial charge in [0.15, 0.2) is 15.0 Å². The van der Waals surface area contributed by atoms with E-state index in [2.05, 4.69) is 10.3 Å². The van der Waals surface area contributed by atoms with Crippen LogP contribution >= 0.6 is 11.3 Å². The van der Waals surface area contributed by atoms with Gasteiger partial charge >= 0.3 is 0 Å². The van der Waals surface area contributed by atoms with E-state index in [0.717, 1.165) is 38.0 Å². The third-order valence-electron chi connectivity index (χ3n) is 5.22. The van der Waals surface area contributed by atoms with E-state index < -0.39 is 21.4 Å². The van der Waals surface area contributed by atoms with Crippen LogP contribution in [0.25, 0.3) is 0 Å². The van der Waals surface area contributed by atoms with Crippen LogP contribution < -0.4 is 10.9 Å². The van der Waals surface area contributed by atoms with Crippen LogP contribution in [0.2, 0.25) is 0 Å². The van der Waals surface area contributed by atoms with Gasteiger partial charge in [-0.25, -0.2) is 13.4 Å². The van der Waals surface area contributed by atoms with Crippen molar-refractivity contribution in [3.63, 3.8) is 0 Å². The second kappa shape index (κ2) is 8.57. The van der Waals surface area contributed by atoms with Crippen LogP contribution in [0.1, 0.15) is 50.3 Å². The van der Waals surface area contributed by atoms with Gasteiger partial charge in [-0.05, 0) is 25.3 Å². The molecule has 0 aromatic carbocycles. The highest BCUT2D eigenvalue weighted by atomic mass is 32.2. The number of sulfone groups is 1. The van der Waals surface area contributed by atoms with E-state index in [1.54, 1.807) is 18.5 Å². The Balaban J connectivity index is 1.97. The van der Waals surface area contributed by atoms with Crippen molar-refractivity contribution >= 4 is 32.2 Å². The summed E-state index contributed by atoms with van der Waals surface area (Å²) in [5.41, 5.74) is -0.0152. The molecule has 0 radical (unpaired) electrons. The Hall–Kier alpha value is -2.00. The zero-order chi connectivity index (χ0) is 20.3. The minimum atomic E-state index is -3.50. The van der Waals surface area contributed by atoms with E-state index in [1.165, 1.54) is 28.4 Å². The molecule has 2 aromatic heterocycles. The molecule has 1 unspecified atom stereocenters. The summed E-state index contributed by atoms with van der Waals surface area (Å²) in [6, 6.07) is 1.86. The molecule has 1 N–H and O–H groups in total. The number of carbonyl (C=O) groups is 1. The Bertz CT molecular complexity index is 991. The molecule has 152 valence electrons. The molecule has 7 nitrogen and oxygen atoms in total. The molecule has 1 aliphatic carbocycles. The van der Waals surface area contributed by atoms with Crippen molar-refractivity contribution in [1.29, 1.82) is 0 Å². The molecule has 1 fully saturated rings. The topological polar surface area (TPSA) is 98.1 Å². The normalized spacial score (nSPS) is 16.6. The maximum atomic E-state index is 13.0. The van der Waals surface area contributed by atoms with Crippen LogP contribution in [0, 0.1) is 12.8 Å². The quantitative estimate of drug-likeness (QED) is 0.769. The van der Waals surface area contributed by atoms with Crippen molar-refractivity contribution in [3.8, 4) is 0 Å². The van der Waals surface area contributed by atoms with Gasteiger partial charge < -0.3 is 9.88 Å². The fraction of sp³-hybridized carbons (Fsp3) is 0.526. The molecule has 0 saturated heterocycles. The van der Waals surface area contributed by atoms with Crippen molar-refractivity contribution in [2.45, 2.75) is 56.4 Å². The van der Waals surface area contributed by atoms with Gasteiger partial charge in [-0.2, -0.15) is 0 Å². The molecule has 1 amide bonds. The van der Waals surface area contributed by atoms with Crippen LogP contribution in [0.4, 0.5) is 5.13 Å². The Morgan fingerprint density at radius 2 is 2.04 bits per heavy atom. The van der Waals surface area contributed by atoms with Gasteiger partial charge in [0, 0.05) is 29.6 Å². The van der Waals surface area contributed by atoms with E-state index >= 15 is 0 Å². The van der Waals surface area contributed by atoms with Crippen LogP contribution in [-0.4, -0.2) is 30.1 Å². The number of aromatic nitrogens is 2. The SMILES string of the molecule is Cc1cc(S(C)(=O)=O)cc(=O)n1C(CC1CCCCC1)C(=O)Nc1nccs1. The number of hydrogen-bond acceptors (Lipinski definition) is 6. The molecular formula is C19H25N3O4S2. The van der Waals surface area contributed by atoms with Gasteiger partial charge in [0.1, 0.15) is 6.04 Å². The lowest BCUT2D eigenvalue weighted by molar-refractivity contribution is -0.120. The molecule has 2 heterocycles. The zero-order valence-electron chi connectivity index (χ0n) is 16.1. The molecule has 0 aliphatic heterocycles. The Kier molecular flexibility index (Phi) is 6.34. The van der Waals surface area contributed by atoms with Crippen LogP contribution in [0.5, 0.6) is 0 Å². The molecule has 9 heteroatoms. The van der Waals surface area contributed by atoms with Crippen molar-refractivity contribution in [2.75, 3.05) is 11.6 Å². The summed E-state index contributed by atoms with van der Waals surface area (Å²) in [6.07, 6.45) is 8.77. The molecule has 0 spiro atoms. The van der Waals surface area contributed by atoms with Crippen molar-refractivity contribution in [2.24, 2.45) is 5.92 Å². The second-order valence-electron chi connectivity index (χ2n) is 7.39. The van der Waals surface area contributed by atoms with Gasteiger partial charge in [-0.1, -0.05) is 32.1 Å². The summed E-state index contributed by atoms with van der Waals surface area (Å²) >= 11 is 1.31. The maximum Gasteiger partial charge on any atom is 0.252 e. The minimum absolute atomic E-state index is 0.0250. The van der Waals surface area contributed by atoms with Gasteiger partial charge in [0.05, 0.1) is 4.90 Å². The Morgan fingerprint density at radius 3 is 2.61 bits per heavy atom. The first kappa shape index (κ1) is 20.7. The zero-order valence-corrected chi connectivity index (χ0v) is 17.7. The predicted molar refractivity (Wildman–Crippen MR) is 110 cm³/mol. The monoisotopic (exact) mass is 423 g/mol. The van der Waals surface area contributed by atoms with Crippen molar-refractivity contribution in [1.82, 2.24) is 9.55 Å². The molecule has 1 atom stereocenters. The Morgan fingerprint density at radius 1 is 1.32 bits per heavy atom. The molecule has 28 heavy (non-hydrogen) atoms. The van der Waals surface area contributed by atoms with Gasteiger partial charge in [-0.3, -0.25) is 9.59 Å². The third-order valence-corrected chi connectivity index (χ3v) is 7.00. The first-order valence-electron chi connectivity index (χ1n) is 9.39. The number of pyridine rings is 1. The number of rotatable bonds is 6. The number of carbonyl (C=O) groups excluding carboxylic acids is 1. The number of nitrogens with one attached hydrogen (secondary N) is 1. The van der Waals surface area contributed by atoms with E-state index in [0.29, 0.717) is 23.2 Å². The first-order chi connectivity index (χ1) is 13.3. The highest BCUT2D eigenvalue weighted by Crippen LogP contribution is 2.32. The summed E-state index contributed by atoms with van der Waals surface area (Å²) in [7, 11) is -3.50. The average Bonchev–Trinajstić information content (AvgIpc) is 3.13. The molecule has 0 bridgehead atoms. The van der Waals surface area contributed by atoms with Crippen LogP contribution in [-0.2, 0) is 14.6 Å². The lowest BCUT2D eigenvalue weighted by atomic mass is 9.84. The lowest BCUT2D eigenvalue weighted by Gasteiger charge is -2.28. The average molecular weight is 424 g/mol. The summed E-state index contributed by atoms with van der Waals surface area (Å²) in [5.74, 6) is 0.0690. The Labute approximate surface area is 168 Å². The predicted octanol–water partition coefficient (Wildman–Crippen LogP) is 3.17. The molecule has 2 aromatic rings. The largest absolute Gasteiger partial charge is 0.300 e. The van der Waals surface area contributed by atoms with E-state index in [9.17, 15) is 18.0 Å². The van der Waals surface area contributed by atoms with Gasteiger partial charge in [0.25, 0.3) is 5.56 Å².